The molecule has 4 heteroatoms. The summed E-state index contributed by atoms with van der Waals surface area (Å²) < 4.78 is 0. The number of piperidine rings is 1. The van der Waals surface area contributed by atoms with Gasteiger partial charge in [-0.3, -0.25) is 9.69 Å². The van der Waals surface area contributed by atoms with Gasteiger partial charge >= 0.3 is 0 Å². The van der Waals surface area contributed by atoms with Crippen molar-refractivity contribution in [3.8, 4) is 0 Å². The molecule has 2 atom stereocenters. The summed E-state index contributed by atoms with van der Waals surface area (Å²) in [5.74, 6) is -0.312. The first-order valence-corrected chi connectivity index (χ1v) is 8.52. The van der Waals surface area contributed by atoms with Crippen LogP contribution in [0.3, 0.4) is 0 Å². The van der Waals surface area contributed by atoms with Crippen molar-refractivity contribution in [1.82, 2.24) is 10.2 Å². The molecule has 1 amide bonds. The Balaban J connectivity index is 1.54. The van der Waals surface area contributed by atoms with E-state index in [0.717, 1.165) is 32.5 Å². The molecule has 0 saturated carbocycles. The number of hydrogen-bond donors (Lipinski definition) is 2. The summed E-state index contributed by atoms with van der Waals surface area (Å²) in [4.78, 5) is 14.7. The minimum Gasteiger partial charge on any atom is -0.378 e. The van der Waals surface area contributed by atoms with Crippen molar-refractivity contribution in [1.29, 1.82) is 0 Å². The average Bonchev–Trinajstić information content (AvgIpc) is 2.63. The fourth-order valence-corrected chi connectivity index (χ4v) is 3.23. The number of nitrogens with one attached hydrogen (secondary N) is 1. The van der Waals surface area contributed by atoms with E-state index in [1.54, 1.807) is 12.1 Å². The van der Waals surface area contributed by atoms with Gasteiger partial charge in [-0.2, -0.15) is 0 Å². The molecule has 126 valence electrons. The highest BCUT2D eigenvalue weighted by Gasteiger charge is 2.24. The fourth-order valence-electron chi connectivity index (χ4n) is 3.23. The molecule has 2 unspecified atom stereocenters. The summed E-state index contributed by atoms with van der Waals surface area (Å²) in [6, 6.07) is 19.5. The summed E-state index contributed by atoms with van der Waals surface area (Å²) in [6.45, 7) is 2.76. The molecule has 1 saturated heterocycles. The Bertz CT molecular complexity index is 645. The molecular formula is C20H24N2O2. The SMILES string of the molecule is O=C(NC1CCCN(Cc2ccccc2)C1)C(O)c1ccccc1. The molecule has 2 aromatic rings. The zero-order chi connectivity index (χ0) is 16.8. The number of hydrogen-bond acceptors (Lipinski definition) is 3. The van der Waals surface area contributed by atoms with Crippen molar-refractivity contribution in [2.45, 2.75) is 31.5 Å². The van der Waals surface area contributed by atoms with Crippen molar-refractivity contribution in [2.24, 2.45) is 0 Å². The van der Waals surface area contributed by atoms with Crippen molar-refractivity contribution in [2.75, 3.05) is 13.1 Å². The molecule has 1 fully saturated rings. The van der Waals surface area contributed by atoms with Gasteiger partial charge in [0.25, 0.3) is 5.91 Å². The maximum Gasteiger partial charge on any atom is 0.253 e. The van der Waals surface area contributed by atoms with Gasteiger partial charge in [-0.15, -0.1) is 0 Å². The largest absolute Gasteiger partial charge is 0.378 e. The number of likely N-dealkylation sites (tertiary alicyclic amines) is 1. The van der Waals surface area contributed by atoms with E-state index in [-0.39, 0.29) is 11.9 Å². The zero-order valence-electron chi connectivity index (χ0n) is 13.8. The van der Waals surface area contributed by atoms with E-state index in [4.69, 9.17) is 0 Å². The molecule has 1 aliphatic rings. The molecule has 0 aliphatic carbocycles. The Morgan fingerprint density at radius 3 is 2.50 bits per heavy atom. The second kappa shape index (κ2) is 8.08. The summed E-state index contributed by atoms with van der Waals surface area (Å²) in [7, 11) is 0. The molecule has 0 bridgehead atoms. The third-order valence-electron chi connectivity index (χ3n) is 4.46. The quantitative estimate of drug-likeness (QED) is 0.888. The molecule has 1 aliphatic heterocycles. The summed E-state index contributed by atoms with van der Waals surface area (Å²) in [5.41, 5.74) is 1.92. The van der Waals surface area contributed by atoms with Gasteiger partial charge in [0.05, 0.1) is 0 Å². The van der Waals surface area contributed by atoms with Crippen LogP contribution in [0.1, 0.15) is 30.1 Å². The number of carbonyl (C=O) groups is 1. The van der Waals surface area contributed by atoms with Gasteiger partial charge in [-0.05, 0) is 30.5 Å². The lowest BCUT2D eigenvalue weighted by Gasteiger charge is -2.33. The lowest BCUT2D eigenvalue weighted by molar-refractivity contribution is -0.130. The maximum absolute atomic E-state index is 12.3. The highest BCUT2D eigenvalue weighted by Crippen LogP contribution is 2.16. The van der Waals surface area contributed by atoms with Crippen LogP contribution in [-0.4, -0.2) is 35.0 Å². The molecule has 2 N–H and O–H groups in total. The highest BCUT2D eigenvalue weighted by atomic mass is 16.3. The molecule has 0 aromatic heterocycles. The van der Waals surface area contributed by atoms with Crippen LogP contribution in [0.15, 0.2) is 60.7 Å². The summed E-state index contributed by atoms with van der Waals surface area (Å²) in [6.07, 6.45) is 0.910. The van der Waals surface area contributed by atoms with Gasteiger partial charge < -0.3 is 10.4 Å². The van der Waals surface area contributed by atoms with E-state index in [9.17, 15) is 9.90 Å². The van der Waals surface area contributed by atoms with E-state index >= 15 is 0 Å². The lowest BCUT2D eigenvalue weighted by atomic mass is 10.0. The van der Waals surface area contributed by atoms with Gasteiger partial charge in [0.15, 0.2) is 6.10 Å². The van der Waals surface area contributed by atoms with Crippen LogP contribution in [0, 0.1) is 0 Å². The van der Waals surface area contributed by atoms with Crippen molar-refractivity contribution in [3.63, 3.8) is 0 Å². The molecule has 4 nitrogen and oxygen atoms in total. The van der Waals surface area contributed by atoms with Crippen LogP contribution >= 0.6 is 0 Å². The molecule has 3 rings (SSSR count). The Labute approximate surface area is 143 Å². The molecular weight excluding hydrogens is 300 g/mol. The molecule has 0 radical (unpaired) electrons. The number of amides is 1. The number of aliphatic hydroxyl groups is 1. The van der Waals surface area contributed by atoms with E-state index in [0.29, 0.717) is 5.56 Å². The Morgan fingerprint density at radius 1 is 1.12 bits per heavy atom. The van der Waals surface area contributed by atoms with Gasteiger partial charge in [0.1, 0.15) is 0 Å². The molecule has 1 heterocycles. The Kier molecular flexibility index (Phi) is 5.62. The topological polar surface area (TPSA) is 52.6 Å². The normalized spacial score (nSPS) is 19.6. The van der Waals surface area contributed by atoms with Gasteiger partial charge in [0.2, 0.25) is 0 Å². The number of nitrogens with zero attached hydrogens (tertiary/aromatic N) is 1. The minimum absolute atomic E-state index is 0.0910. The first-order valence-electron chi connectivity index (χ1n) is 8.52. The van der Waals surface area contributed by atoms with Crippen molar-refractivity contribution >= 4 is 5.91 Å². The Hall–Kier alpha value is -2.17. The third-order valence-corrected chi connectivity index (χ3v) is 4.46. The second-order valence-corrected chi connectivity index (χ2v) is 6.38. The van der Waals surface area contributed by atoms with Crippen LogP contribution in [-0.2, 0) is 11.3 Å². The number of benzene rings is 2. The van der Waals surface area contributed by atoms with E-state index < -0.39 is 6.10 Å². The standard InChI is InChI=1S/C20H24N2O2/c23-19(17-10-5-2-6-11-17)20(24)21-18-12-7-13-22(15-18)14-16-8-3-1-4-9-16/h1-6,8-11,18-19,23H,7,12-15H2,(H,21,24). The first-order chi connectivity index (χ1) is 11.7. The van der Waals surface area contributed by atoms with Crippen LogP contribution in [0.25, 0.3) is 0 Å². The minimum atomic E-state index is -1.10. The first kappa shape index (κ1) is 16.7. The van der Waals surface area contributed by atoms with Gasteiger partial charge in [0, 0.05) is 19.1 Å². The van der Waals surface area contributed by atoms with Crippen LogP contribution in [0.4, 0.5) is 0 Å². The summed E-state index contributed by atoms with van der Waals surface area (Å²) >= 11 is 0. The molecule has 2 aromatic carbocycles. The van der Waals surface area contributed by atoms with E-state index in [2.05, 4.69) is 34.5 Å². The van der Waals surface area contributed by atoms with Gasteiger partial charge in [-0.1, -0.05) is 60.7 Å². The van der Waals surface area contributed by atoms with Crippen LogP contribution < -0.4 is 5.32 Å². The highest BCUT2D eigenvalue weighted by molar-refractivity contribution is 5.82. The smallest absolute Gasteiger partial charge is 0.253 e. The average molecular weight is 324 g/mol. The zero-order valence-corrected chi connectivity index (χ0v) is 13.8. The van der Waals surface area contributed by atoms with Gasteiger partial charge in [-0.25, -0.2) is 0 Å². The predicted molar refractivity (Wildman–Crippen MR) is 94.3 cm³/mol. The predicted octanol–water partition coefficient (Wildman–Crippen LogP) is 2.50. The lowest BCUT2D eigenvalue weighted by Crippen LogP contribution is -2.48. The molecule has 24 heavy (non-hydrogen) atoms. The Morgan fingerprint density at radius 2 is 1.79 bits per heavy atom. The number of aliphatic hydroxyl groups excluding tert-OH is 1. The third kappa shape index (κ3) is 4.43. The summed E-state index contributed by atoms with van der Waals surface area (Å²) in [5, 5.41) is 13.2. The van der Waals surface area contributed by atoms with Crippen LogP contribution in [0.5, 0.6) is 0 Å². The number of carbonyl (C=O) groups excluding carboxylic acids is 1. The maximum atomic E-state index is 12.3. The van der Waals surface area contributed by atoms with E-state index in [1.165, 1.54) is 5.56 Å². The molecule has 0 spiro atoms. The number of rotatable bonds is 5. The fraction of sp³-hybridized carbons (Fsp3) is 0.350. The second-order valence-electron chi connectivity index (χ2n) is 6.38. The van der Waals surface area contributed by atoms with Crippen molar-refractivity contribution < 1.29 is 9.90 Å². The monoisotopic (exact) mass is 324 g/mol. The van der Waals surface area contributed by atoms with E-state index in [1.807, 2.05) is 24.3 Å². The van der Waals surface area contributed by atoms with Crippen LogP contribution in [0.2, 0.25) is 0 Å². The van der Waals surface area contributed by atoms with Crippen molar-refractivity contribution in [3.05, 3.63) is 71.8 Å².